The number of nitrogens with zero attached hydrogens (tertiary/aromatic N) is 1. The summed E-state index contributed by atoms with van der Waals surface area (Å²) in [6, 6.07) is 15.2. The Morgan fingerprint density at radius 3 is 2.52 bits per heavy atom. The van der Waals surface area contributed by atoms with Crippen LogP contribution in [0.4, 0.5) is 5.69 Å². The number of nitrogens with two attached hydrogens (primary N) is 1. The number of anilines is 1. The molecule has 3 N–H and O–H groups in total. The third kappa shape index (κ3) is 4.74. The van der Waals surface area contributed by atoms with Crippen molar-refractivity contribution in [3.8, 4) is 5.75 Å². The molecule has 0 amide bonds. The summed E-state index contributed by atoms with van der Waals surface area (Å²) in [5.74, 6) is 0.432. The van der Waals surface area contributed by atoms with E-state index in [4.69, 9.17) is 10.5 Å². The smallest absolute Gasteiger partial charge is 0.332 e. The number of oxime groups is 1. The Labute approximate surface area is 134 Å². The highest BCUT2D eigenvalue weighted by atomic mass is 16.7. The molecule has 120 valence electrons. The molecule has 0 fully saturated rings. The first-order valence-electron chi connectivity index (χ1n) is 7.07. The Bertz CT molecular complexity index is 696. The maximum absolute atomic E-state index is 10.8. The Kier molecular flexibility index (Phi) is 5.57. The van der Waals surface area contributed by atoms with Crippen LogP contribution in [0.3, 0.4) is 0 Å². The molecule has 2 aromatic rings. The molecule has 0 heterocycles. The van der Waals surface area contributed by atoms with E-state index in [1.807, 2.05) is 42.5 Å². The first-order valence-corrected chi connectivity index (χ1v) is 7.07. The van der Waals surface area contributed by atoms with Crippen LogP contribution < -0.4 is 15.8 Å². The van der Waals surface area contributed by atoms with Crippen molar-refractivity contribution < 1.29 is 14.4 Å². The van der Waals surface area contributed by atoms with Crippen LogP contribution in [-0.2, 0) is 16.2 Å². The highest BCUT2D eigenvalue weighted by Gasteiger charge is 2.07. The van der Waals surface area contributed by atoms with Gasteiger partial charge in [-0.15, -0.1) is 0 Å². The Morgan fingerprint density at radius 2 is 1.87 bits per heavy atom. The molecule has 23 heavy (non-hydrogen) atoms. The monoisotopic (exact) mass is 313 g/mol. The average molecular weight is 313 g/mol. The molecule has 0 radical (unpaired) electrons. The van der Waals surface area contributed by atoms with E-state index in [0.717, 1.165) is 17.0 Å². The van der Waals surface area contributed by atoms with Gasteiger partial charge in [-0.3, -0.25) is 0 Å². The first kappa shape index (κ1) is 16.4. The summed E-state index contributed by atoms with van der Waals surface area (Å²) < 4.78 is 5.13. The minimum atomic E-state index is -0.517. The third-order valence-corrected chi connectivity index (χ3v) is 3.12. The lowest BCUT2D eigenvalue weighted by Crippen LogP contribution is -2.17. The minimum Gasteiger partial charge on any atom is -0.497 e. The largest absolute Gasteiger partial charge is 0.497 e. The summed E-state index contributed by atoms with van der Waals surface area (Å²) in [6.07, 6.45) is 0. The summed E-state index contributed by atoms with van der Waals surface area (Å²) in [5, 5.41) is 6.91. The quantitative estimate of drug-likeness (QED) is 0.370. The second-order valence-corrected chi connectivity index (χ2v) is 4.81. The summed E-state index contributed by atoms with van der Waals surface area (Å²) in [7, 11) is 1.63. The molecule has 0 spiro atoms. The molecule has 0 aromatic heterocycles. The van der Waals surface area contributed by atoms with Crippen molar-refractivity contribution in [1.29, 1.82) is 0 Å². The number of rotatable bonds is 6. The van der Waals surface area contributed by atoms with Gasteiger partial charge in [0.2, 0.25) is 0 Å². The molecule has 0 aliphatic carbocycles. The van der Waals surface area contributed by atoms with Crippen molar-refractivity contribution in [2.45, 2.75) is 13.5 Å². The highest BCUT2D eigenvalue weighted by Crippen LogP contribution is 2.17. The van der Waals surface area contributed by atoms with Gasteiger partial charge in [0, 0.05) is 24.7 Å². The van der Waals surface area contributed by atoms with Crippen molar-refractivity contribution >= 4 is 17.5 Å². The standard InChI is InChI=1S/C17H19N3O3/c1-12(21)23-20-17(18)15-5-3-4-6-16(15)19-11-13-7-9-14(22-2)10-8-13/h3-10,19H,11H2,1-2H3,(H2,18,20). The topological polar surface area (TPSA) is 85.9 Å². The second-order valence-electron chi connectivity index (χ2n) is 4.81. The number of benzene rings is 2. The van der Waals surface area contributed by atoms with Crippen LogP contribution >= 0.6 is 0 Å². The van der Waals surface area contributed by atoms with E-state index in [1.54, 1.807) is 13.2 Å². The SMILES string of the molecule is COc1ccc(CNc2ccccc2C(N)=NOC(C)=O)cc1. The lowest BCUT2D eigenvalue weighted by Gasteiger charge is -2.11. The van der Waals surface area contributed by atoms with E-state index in [-0.39, 0.29) is 5.84 Å². The molecule has 0 unspecified atom stereocenters. The van der Waals surface area contributed by atoms with Crippen molar-refractivity contribution in [2.24, 2.45) is 10.9 Å². The molecule has 0 atom stereocenters. The fourth-order valence-electron chi connectivity index (χ4n) is 1.96. The van der Waals surface area contributed by atoms with Gasteiger partial charge in [-0.2, -0.15) is 0 Å². The molecule has 2 rings (SSSR count). The number of para-hydroxylation sites is 1. The zero-order valence-electron chi connectivity index (χ0n) is 13.1. The fourth-order valence-corrected chi connectivity index (χ4v) is 1.96. The van der Waals surface area contributed by atoms with E-state index in [1.165, 1.54) is 6.92 Å². The van der Waals surface area contributed by atoms with Crippen LogP contribution in [0.2, 0.25) is 0 Å². The van der Waals surface area contributed by atoms with Crippen LogP contribution in [0.15, 0.2) is 53.7 Å². The Morgan fingerprint density at radius 1 is 1.17 bits per heavy atom. The van der Waals surface area contributed by atoms with Crippen LogP contribution in [-0.4, -0.2) is 18.9 Å². The van der Waals surface area contributed by atoms with Gasteiger partial charge in [0.05, 0.1) is 7.11 Å². The average Bonchev–Trinajstić information content (AvgIpc) is 2.58. The maximum Gasteiger partial charge on any atom is 0.332 e. The van der Waals surface area contributed by atoms with Crippen LogP contribution in [0.25, 0.3) is 0 Å². The van der Waals surface area contributed by atoms with Gasteiger partial charge in [0.1, 0.15) is 5.75 Å². The number of carbonyl (C=O) groups excluding carboxylic acids is 1. The molecule has 0 saturated carbocycles. The fraction of sp³-hybridized carbons (Fsp3) is 0.176. The summed E-state index contributed by atoms with van der Waals surface area (Å²) in [5.41, 5.74) is 8.43. The molecule has 0 aliphatic heterocycles. The van der Waals surface area contributed by atoms with Gasteiger partial charge in [-0.05, 0) is 29.8 Å². The van der Waals surface area contributed by atoms with Crippen molar-refractivity contribution in [1.82, 2.24) is 0 Å². The van der Waals surface area contributed by atoms with Crippen molar-refractivity contribution in [3.05, 3.63) is 59.7 Å². The molecule has 6 heteroatoms. The molecule has 0 aliphatic rings. The summed E-state index contributed by atoms with van der Waals surface area (Å²) in [4.78, 5) is 15.4. The van der Waals surface area contributed by atoms with E-state index >= 15 is 0 Å². The maximum atomic E-state index is 10.8. The van der Waals surface area contributed by atoms with Crippen LogP contribution in [0.1, 0.15) is 18.1 Å². The van der Waals surface area contributed by atoms with E-state index in [9.17, 15) is 4.79 Å². The van der Waals surface area contributed by atoms with Crippen molar-refractivity contribution in [2.75, 3.05) is 12.4 Å². The molecular formula is C17H19N3O3. The van der Waals surface area contributed by atoms with E-state index in [0.29, 0.717) is 12.1 Å². The number of hydrogen-bond donors (Lipinski definition) is 2. The molecule has 2 aromatic carbocycles. The normalized spacial score (nSPS) is 11.0. The summed E-state index contributed by atoms with van der Waals surface area (Å²) in [6.45, 7) is 1.88. The molecular weight excluding hydrogens is 294 g/mol. The number of ether oxygens (including phenoxy) is 1. The zero-order chi connectivity index (χ0) is 16.7. The van der Waals surface area contributed by atoms with Crippen molar-refractivity contribution in [3.63, 3.8) is 0 Å². The van der Waals surface area contributed by atoms with Gasteiger partial charge in [0.15, 0.2) is 5.84 Å². The van der Waals surface area contributed by atoms with E-state index < -0.39 is 5.97 Å². The Hall–Kier alpha value is -3.02. The molecule has 0 bridgehead atoms. The lowest BCUT2D eigenvalue weighted by molar-refractivity contribution is -0.140. The minimum absolute atomic E-state index is 0.137. The van der Waals surface area contributed by atoms with Gasteiger partial charge in [0.25, 0.3) is 0 Å². The lowest BCUT2D eigenvalue weighted by atomic mass is 10.1. The Balaban J connectivity index is 2.10. The number of hydrogen-bond acceptors (Lipinski definition) is 5. The van der Waals surface area contributed by atoms with Crippen LogP contribution in [0.5, 0.6) is 5.75 Å². The van der Waals surface area contributed by atoms with E-state index in [2.05, 4.69) is 15.3 Å². The number of carbonyl (C=O) groups is 1. The van der Waals surface area contributed by atoms with Gasteiger partial charge in [-0.25, -0.2) is 4.79 Å². The number of nitrogens with one attached hydrogen (secondary N) is 1. The van der Waals surface area contributed by atoms with Gasteiger partial charge in [-0.1, -0.05) is 29.4 Å². The first-order chi connectivity index (χ1) is 11.1. The summed E-state index contributed by atoms with van der Waals surface area (Å²) >= 11 is 0. The molecule has 0 saturated heterocycles. The zero-order valence-corrected chi connectivity index (χ0v) is 13.1. The van der Waals surface area contributed by atoms with Crippen LogP contribution in [0, 0.1) is 0 Å². The predicted octanol–water partition coefficient (Wildman–Crippen LogP) is 2.49. The number of methoxy groups -OCH3 is 1. The second kappa shape index (κ2) is 7.84. The predicted molar refractivity (Wildman–Crippen MR) is 89.3 cm³/mol. The molecule has 6 nitrogen and oxygen atoms in total. The third-order valence-electron chi connectivity index (χ3n) is 3.12. The number of amidine groups is 1. The van der Waals surface area contributed by atoms with Gasteiger partial charge < -0.3 is 20.6 Å². The highest BCUT2D eigenvalue weighted by molar-refractivity contribution is 6.02. The van der Waals surface area contributed by atoms with Gasteiger partial charge >= 0.3 is 5.97 Å².